The Morgan fingerprint density at radius 3 is 2.54 bits per heavy atom. The standard InChI is InChI=1S/C18H23FN4O3/c1-12(2)16(8-17(24)25)21-18(26)22(3)10-13-9-20-23(11-13)15-6-4-14(19)5-7-15/h4-7,9,11-12,16H,8,10H2,1-3H3,(H,21,26)(H,24,25)/t16-/m0/s1. The first-order chi connectivity index (χ1) is 12.3. The number of nitrogens with one attached hydrogen (secondary N) is 1. The van der Waals surface area contributed by atoms with Gasteiger partial charge in [-0.2, -0.15) is 5.10 Å². The van der Waals surface area contributed by atoms with Gasteiger partial charge < -0.3 is 15.3 Å². The second kappa shape index (κ2) is 8.46. The van der Waals surface area contributed by atoms with Crippen LogP contribution in [0.1, 0.15) is 25.8 Å². The molecule has 0 spiro atoms. The van der Waals surface area contributed by atoms with Crippen molar-refractivity contribution >= 4 is 12.0 Å². The number of carbonyl (C=O) groups is 2. The van der Waals surface area contributed by atoms with Crippen LogP contribution in [0.15, 0.2) is 36.7 Å². The Bertz CT molecular complexity index is 758. The molecular weight excluding hydrogens is 339 g/mol. The number of carboxylic acids is 1. The van der Waals surface area contributed by atoms with E-state index in [0.717, 1.165) is 5.56 Å². The highest BCUT2D eigenvalue weighted by Gasteiger charge is 2.21. The minimum absolute atomic E-state index is 0.00433. The van der Waals surface area contributed by atoms with Gasteiger partial charge >= 0.3 is 12.0 Å². The number of hydrogen-bond donors (Lipinski definition) is 2. The zero-order valence-electron chi connectivity index (χ0n) is 15.0. The molecule has 2 aromatic rings. The lowest BCUT2D eigenvalue weighted by atomic mass is 10.0. The number of hydrogen-bond acceptors (Lipinski definition) is 3. The van der Waals surface area contributed by atoms with Crippen LogP contribution in [0, 0.1) is 11.7 Å². The molecule has 0 radical (unpaired) electrons. The lowest BCUT2D eigenvalue weighted by Gasteiger charge is -2.24. The van der Waals surface area contributed by atoms with E-state index in [1.807, 2.05) is 13.8 Å². The van der Waals surface area contributed by atoms with Gasteiger partial charge in [-0.05, 0) is 30.2 Å². The summed E-state index contributed by atoms with van der Waals surface area (Å²) in [5, 5.41) is 15.9. The molecule has 1 aromatic heterocycles. The first-order valence-corrected chi connectivity index (χ1v) is 8.29. The van der Waals surface area contributed by atoms with Crippen molar-refractivity contribution < 1.29 is 19.1 Å². The highest BCUT2D eigenvalue weighted by Crippen LogP contribution is 2.11. The number of urea groups is 1. The van der Waals surface area contributed by atoms with Gasteiger partial charge in [0, 0.05) is 24.8 Å². The normalized spacial score (nSPS) is 12.0. The van der Waals surface area contributed by atoms with Crippen LogP contribution >= 0.6 is 0 Å². The molecule has 0 saturated heterocycles. The molecule has 140 valence electrons. The first-order valence-electron chi connectivity index (χ1n) is 8.29. The summed E-state index contributed by atoms with van der Waals surface area (Å²) in [5.74, 6) is -1.27. The van der Waals surface area contributed by atoms with Crippen molar-refractivity contribution in [2.24, 2.45) is 5.92 Å². The molecule has 2 amide bonds. The predicted molar refractivity (Wildman–Crippen MR) is 94.4 cm³/mol. The summed E-state index contributed by atoms with van der Waals surface area (Å²) in [4.78, 5) is 24.7. The molecule has 7 nitrogen and oxygen atoms in total. The maximum atomic E-state index is 13.0. The number of benzene rings is 1. The summed E-state index contributed by atoms with van der Waals surface area (Å²) in [5.41, 5.74) is 1.51. The van der Waals surface area contributed by atoms with Crippen molar-refractivity contribution in [1.82, 2.24) is 20.0 Å². The molecule has 8 heteroatoms. The number of aliphatic carboxylic acids is 1. The molecule has 0 unspecified atom stereocenters. The Morgan fingerprint density at radius 1 is 1.31 bits per heavy atom. The van der Waals surface area contributed by atoms with Gasteiger partial charge in [0.25, 0.3) is 0 Å². The molecule has 26 heavy (non-hydrogen) atoms. The number of halogens is 1. The molecular formula is C18H23FN4O3. The second-order valence-electron chi connectivity index (χ2n) is 6.52. The Labute approximate surface area is 151 Å². The molecule has 0 saturated carbocycles. The van der Waals surface area contributed by atoms with Gasteiger partial charge in [-0.1, -0.05) is 13.8 Å². The van der Waals surface area contributed by atoms with E-state index in [-0.39, 0.29) is 24.2 Å². The third kappa shape index (κ3) is 5.30. The van der Waals surface area contributed by atoms with Gasteiger partial charge in [-0.3, -0.25) is 4.79 Å². The SMILES string of the molecule is CC(C)[C@H](CC(=O)O)NC(=O)N(C)Cc1cnn(-c2ccc(F)cc2)c1. The smallest absolute Gasteiger partial charge is 0.317 e. The summed E-state index contributed by atoms with van der Waals surface area (Å²) in [6, 6.07) is 5.14. The summed E-state index contributed by atoms with van der Waals surface area (Å²) < 4.78 is 14.6. The number of aromatic nitrogens is 2. The lowest BCUT2D eigenvalue weighted by molar-refractivity contribution is -0.137. The molecule has 1 atom stereocenters. The van der Waals surface area contributed by atoms with E-state index in [1.54, 1.807) is 36.3 Å². The average Bonchev–Trinajstić information content (AvgIpc) is 3.02. The van der Waals surface area contributed by atoms with Gasteiger partial charge in [-0.25, -0.2) is 13.9 Å². The summed E-state index contributed by atoms with van der Waals surface area (Å²) in [6.07, 6.45) is 3.26. The largest absolute Gasteiger partial charge is 0.481 e. The number of amides is 2. The van der Waals surface area contributed by atoms with Crippen molar-refractivity contribution in [2.45, 2.75) is 32.9 Å². The molecule has 0 fully saturated rings. The monoisotopic (exact) mass is 362 g/mol. The third-order valence-corrected chi connectivity index (χ3v) is 4.00. The zero-order chi connectivity index (χ0) is 19.3. The van der Waals surface area contributed by atoms with E-state index in [9.17, 15) is 14.0 Å². The lowest BCUT2D eigenvalue weighted by Crippen LogP contribution is -2.45. The van der Waals surface area contributed by atoms with Crippen LogP contribution in [0.4, 0.5) is 9.18 Å². The second-order valence-corrected chi connectivity index (χ2v) is 6.52. The van der Waals surface area contributed by atoms with E-state index in [0.29, 0.717) is 12.2 Å². The highest BCUT2D eigenvalue weighted by atomic mass is 19.1. The van der Waals surface area contributed by atoms with Crippen LogP contribution in [-0.4, -0.2) is 44.9 Å². The quantitative estimate of drug-likeness (QED) is 0.793. The van der Waals surface area contributed by atoms with Crippen LogP contribution in [0.2, 0.25) is 0 Å². The predicted octanol–water partition coefficient (Wildman–Crippen LogP) is 2.65. The topological polar surface area (TPSA) is 87.5 Å². The number of carboxylic acid groups (broad SMARTS) is 1. The summed E-state index contributed by atoms with van der Waals surface area (Å²) >= 11 is 0. The van der Waals surface area contributed by atoms with Gasteiger partial charge in [0.05, 0.1) is 24.8 Å². The molecule has 0 aliphatic heterocycles. The van der Waals surface area contributed by atoms with Crippen molar-refractivity contribution in [3.05, 3.63) is 48.0 Å². The Morgan fingerprint density at radius 2 is 1.96 bits per heavy atom. The van der Waals surface area contributed by atoms with E-state index < -0.39 is 12.0 Å². The van der Waals surface area contributed by atoms with Gasteiger partial charge in [0.15, 0.2) is 0 Å². The van der Waals surface area contributed by atoms with Gasteiger partial charge in [-0.15, -0.1) is 0 Å². The molecule has 1 heterocycles. The van der Waals surface area contributed by atoms with Crippen molar-refractivity contribution in [1.29, 1.82) is 0 Å². The molecule has 0 aliphatic carbocycles. The number of nitrogens with zero attached hydrogens (tertiary/aromatic N) is 3. The van der Waals surface area contributed by atoms with E-state index >= 15 is 0 Å². The molecule has 2 N–H and O–H groups in total. The minimum atomic E-state index is -0.952. The van der Waals surface area contributed by atoms with Crippen molar-refractivity contribution in [3.8, 4) is 5.69 Å². The van der Waals surface area contributed by atoms with Crippen LogP contribution in [0.3, 0.4) is 0 Å². The molecule has 2 rings (SSSR count). The van der Waals surface area contributed by atoms with Crippen molar-refractivity contribution in [2.75, 3.05) is 7.05 Å². The molecule has 0 aliphatic rings. The first kappa shape index (κ1) is 19.4. The van der Waals surface area contributed by atoms with E-state index in [1.165, 1.54) is 17.0 Å². The van der Waals surface area contributed by atoms with Crippen LogP contribution in [0.5, 0.6) is 0 Å². The number of rotatable bonds is 7. The van der Waals surface area contributed by atoms with E-state index in [4.69, 9.17) is 5.11 Å². The summed E-state index contributed by atoms with van der Waals surface area (Å²) in [7, 11) is 1.63. The Balaban J connectivity index is 1.98. The van der Waals surface area contributed by atoms with Gasteiger partial charge in [0.2, 0.25) is 0 Å². The maximum Gasteiger partial charge on any atom is 0.317 e. The van der Waals surface area contributed by atoms with Crippen LogP contribution < -0.4 is 5.32 Å². The molecule has 1 aromatic carbocycles. The average molecular weight is 362 g/mol. The maximum absolute atomic E-state index is 13.0. The fraction of sp³-hybridized carbons (Fsp3) is 0.389. The van der Waals surface area contributed by atoms with Gasteiger partial charge in [0.1, 0.15) is 5.82 Å². The minimum Gasteiger partial charge on any atom is -0.481 e. The zero-order valence-corrected chi connectivity index (χ0v) is 15.0. The van der Waals surface area contributed by atoms with Crippen LogP contribution in [-0.2, 0) is 11.3 Å². The fourth-order valence-electron chi connectivity index (χ4n) is 2.43. The third-order valence-electron chi connectivity index (χ3n) is 4.00. The highest BCUT2D eigenvalue weighted by molar-refractivity contribution is 5.75. The summed E-state index contributed by atoms with van der Waals surface area (Å²) in [6.45, 7) is 4.03. The van der Waals surface area contributed by atoms with E-state index in [2.05, 4.69) is 10.4 Å². The molecule has 0 bridgehead atoms. The van der Waals surface area contributed by atoms with Crippen LogP contribution in [0.25, 0.3) is 5.69 Å². The Hall–Kier alpha value is -2.90. The van der Waals surface area contributed by atoms with Crippen molar-refractivity contribution in [3.63, 3.8) is 0 Å². The fourth-order valence-corrected chi connectivity index (χ4v) is 2.43. The Kier molecular flexibility index (Phi) is 6.32. The number of carbonyl (C=O) groups excluding carboxylic acids is 1.